The van der Waals surface area contributed by atoms with Gasteiger partial charge in [-0.2, -0.15) is 4.31 Å². The summed E-state index contributed by atoms with van der Waals surface area (Å²) in [4.78, 5) is 2.76. The summed E-state index contributed by atoms with van der Waals surface area (Å²) in [7, 11) is -3.72. The zero-order chi connectivity index (χ0) is 23.8. The average Bonchev–Trinajstić information content (AvgIpc) is 2.87. The number of sulfonamides is 1. The zero-order valence-corrected chi connectivity index (χ0v) is 22.5. The summed E-state index contributed by atoms with van der Waals surface area (Å²) in [6.45, 7) is 5.41. The molecule has 9 heteroatoms. The van der Waals surface area contributed by atoms with E-state index in [4.69, 9.17) is 21.1 Å². The summed E-state index contributed by atoms with van der Waals surface area (Å²) in [6.07, 6.45) is 6.21. The third kappa shape index (κ3) is 7.81. The summed E-state index contributed by atoms with van der Waals surface area (Å²) in [6, 6.07) is 14.0. The highest BCUT2D eigenvalue weighted by Crippen LogP contribution is 2.29. The quantitative estimate of drug-likeness (QED) is 0.377. The van der Waals surface area contributed by atoms with Gasteiger partial charge in [-0.1, -0.05) is 36.2 Å². The zero-order valence-electron chi connectivity index (χ0n) is 20.1. The molecule has 2 fully saturated rings. The molecule has 2 saturated heterocycles. The van der Waals surface area contributed by atoms with Gasteiger partial charge in [0, 0.05) is 42.9 Å². The second kappa shape index (κ2) is 13.8. The first kappa shape index (κ1) is 28.2. The number of piperidine rings is 1. The summed E-state index contributed by atoms with van der Waals surface area (Å²) >= 11 is 6.01. The topological polar surface area (TPSA) is 59.1 Å². The van der Waals surface area contributed by atoms with Crippen LogP contribution in [0.15, 0.2) is 53.4 Å². The van der Waals surface area contributed by atoms with Gasteiger partial charge >= 0.3 is 0 Å². The van der Waals surface area contributed by atoms with Gasteiger partial charge in [0.25, 0.3) is 0 Å². The van der Waals surface area contributed by atoms with E-state index in [1.54, 1.807) is 28.6 Å². The smallest absolute Gasteiger partial charge is 0.243 e. The van der Waals surface area contributed by atoms with Gasteiger partial charge in [-0.3, -0.25) is 0 Å². The number of halogens is 2. The van der Waals surface area contributed by atoms with Gasteiger partial charge in [0.15, 0.2) is 0 Å². The number of rotatable bonds is 10. The van der Waals surface area contributed by atoms with Crippen LogP contribution < -0.4 is 4.74 Å². The predicted octanol–water partition coefficient (Wildman–Crippen LogP) is 5.39. The molecule has 0 bridgehead atoms. The van der Waals surface area contributed by atoms with Crippen molar-refractivity contribution in [2.24, 2.45) is 0 Å². The summed E-state index contributed by atoms with van der Waals surface area (Å²) < 4.78 is 40.7. The molecule has 35 heavy (non-hydrogen) atoms. The minimum atomic E-state index is -3.72. The molecule has 4 rings (SSSR count). The molecule has 194 valence electrons. The van der Waals surface area contributed by atoms with E-state index in [9.17, 15) is 8.42 Å². The molecule has 2 aliphatic rings. The molecule has 0 amide bonds. The van der Waals surface area contributed by atoms with Gasteiger partial charge in [-0.05, 0) is 75.5 Å². The van der Waals surface area contributed by atoms with E-state index < -0.39 is 10.0 Å². The van der Waals surface area contributed by atoms with Crippen LogP contribution in [0.3, 0.4) is 0 Å². The van der Waals surface area contributed by atoms with Gasteiger partial charge in [0.2, 0.25) is 10.0 Å². The van der Waals surface area contributed by atoms with Crippen LogP contribution in [0.4, 0.5) is 0 Å². The maximum atomic E-state index is 13.7. The van der Waals surface area contributed by atoms with Crippen LogP contribution in [0.2, 0.25) is 5.02 Å². The minimum absolute atomic E-state index is 0. The molecule has 0 saturated carbocycles. The van der Waals surface area contributed by atoms with Gasteiger partial charge in [-0.15, -0.1) is 12.4 Å². The molecule has 2 aliphatic heterocycles. The van der Waals surface area contributed by atoms with Crippen molar-refractivity contribution in [1.29, 1.82) is 0 Å². The molecular weight excluding hydrogens is 507 g/mol. The maximum Gasteiger partial charge on any atom is 0.243 e. The van der Waals surface area contributed by atoms with Crippen molar-refractivity contribution in [3.05, 3.63) is 59.1 Å². The van der Waals surface area contributed by atoms with Crippen molar-refractivity contribution in [1.82, 2.24) is 9.21 Å². The molecule has 2 heterocycles. The SMILES string of the molecule is Cl.O=S(=O)(c1ccc(Cl)cc1)N(Cc1ccccc1OCCCN1CCCCC1)C1CCOCC1. The van der Waals surface area contributed by atoms with E-state index in [-0.39, 0.29) is 29.9 Å². The highest BCUT2D eigenvalue weighted by atomic mass is 35.5. The lowest BCUT2D eigenvalue weighted by Gasteiger charge is -2.33. The normalized spacial score (nSPS) is 17.8. The first-order chi connectivity index (χ1) is 16.5. The summed E-state index contributed by atoms with van der Waals surface area (Å²) in [5.74, 6) is 0.754. The van der Waals surface area contributed by atoms with Gasteiger partial charge < -0.3 is 14.4 Å². The number of likely N-dealkylation sites (tertiary alicyclic amines) is 1. The number of benzene rings is 2. The molecule has 0 unspecified atom stereocenters. The Labute approximate surface area is 221 Å². The third-order valence-corrected chi connectivity index (χ3v) is 8.81. The molecule has 0 radical (unpaired) electrons. The number of hydrogen-bond acceptors (Lipinski definition) is 5. The Morgan fingerprint density at radius 3 is 2.40 bits per heavy atom. The van der Waals surface area contributed by atoms with Crippen molar-refractivity contribution in [3.63, 3.8) is 0 Å². The molecule has 6 nitrogen and oxygen atoms in total. The van der Waals surface area contributed by atoms with E-state index in [1.165, 1.54) is 32.4 Å². The second-order valence-electron chi connectivity index (χ2n) is 9.06. The molecule has 2 aromatic rings. The molecular formula is C26H36Cl2N2O4S. The largest absolute Gasteiger partial charge is 0.493 e. The monoisotopic (exact) mass is 542 g/mol. The lowest BCUT2D eigenvalue weighted by atomic mass is 10.1. The molecule has 0 spiro atoms. The minimum Gasteiger partial charge on any atom is -0.493 e. The number of nitrogens with zero attached hydrogens (tertiary/aromatic N) is 2. The van der Waals surface area contributed by atoms with Crippen molar-refractivity contribution in [2.45, 2.75) is 56.0 Å². The fourth-order valence-corrected chi connectivity index (χ4v) is 6.51. The van der Waals surface area contributed by atoms with Crippen molar-refractivity contribution >= 4 is 34.0 Å². The van der Waals surface area contributed by atoms with Gasteiger partial charge in [0.1, 0.15) is 5.75 Å². The molecule has 0 aromatic heterocycles. The fraction of sp³-hybridized carbons (Fsp3) is 0.538. The van der Waals surface area contributed by atoms with Crippen LogP contribution in [0.1, 0.15) is 44.1 Å². The maximum absolute atomic E-state index is 13.7. The van der Waals surface area contributed by atoms with Crippen LogP contribution in [0, 0.1) is 0 Å². The molecule has 0 atom stereocenters. The number of para-hydroxylation sites is 1. The molecule has 2 aromatic carbocycles. The predicted molar refractivity (Wildman–Crippen MR) is 142 cm³/mol. The Hall–Kier alpha value is -1.35. The lowest BCUT2D eigenvalue weighted by molar-refractivity contribution is 0.0568. The van der Waals surface area contributed by atoms with Crippen molar-refractivity contribution in [2.75, 3.05) is 39.5 Å². The number of hydrogen-bond donors (Lipinski definition) is 0. The summed E-state index contributed by atoms with van der Waals surface area (Å²) in [5, 5.41) is 0.514. The van der Waals surface area contributed by atoms with Crippen LogP contribution in [0.5, 0.6) is 5.75 Å². The molecule has 0 aliphatic carbocycles. The van der Waals surface area contributed by atoms with Gasteiger partial charge in [0.05, 0.1) is 11.5 Å². The fourth-order valence-electron chi connectivity index (χ4n) is 4.72. The standard InChI is InChI=1S/C26H35ClN2O4S.ClH/c27-23-9-11-25(12-10-23)34(30,31)29(24-13-19-32-20-14-24)21-22-7-2-3-8-26(22)33-18-6-17-28-15-4-1-5-16-28;/h2-3,7-12,24H,1,4-6,13-21H2;1H. The Balaban J connectivity index is 0.00000342. The Morgan fingerprint density at radius 1 is 1.00 bits per heavy atom. The highest BCUT2D eigenvalue weighted by molar-refractivity contribution is 7.89. The second-order valence-corrected chi connectivity index (χ2v) is 11.4. The van der Waals surface area contributed by atoms with E-state index in [0.717, 1.165) is 24.3 Å². The van der Waals surface area contributed by atoms with E-state index in [0.29, 0.717) is 37.7 Å². The van der Waals surface area contributed by atoms with Crippen LogP contribution in [-0.4, -0.2) is 63.1 Å². The third-order valence-electron chi connectivity index (χ3n) is 6.64. The highest BCUT2D eigenvalue weighted by Gasteiger charge is 2.33. The van der Waals surface area contributed by atoms with Crippen LogP contribution in [-0.2, 0) is 21.3 Å². The number of ether oxygens (including phenoxy) is 2. The van der Waals surface area contributed by atoms with Crippen molar-refractivity contribution < 1.29 is 17.9 Å². The lowest BCUT2D eigenvalue weighted by Crippen LogP contribution is -2.43. The first-order valence-corrected chi connectivity index (χ1v) is 14.1. The van der Waals surface area contributed by atoms with E-state index in [1.807, 2.05) is 24.3 Å². The Kier molecular flexibility index (Phi) is 11.1. The van der Waals surface area contributed by atoms with E-state index in [2.05, 4.69) is 4.90 Å². The van der Waals surface area contributed by atoms with Crippen LogP contribution in [0.25, 0.3) is 0 Å². The first-order valence-electron chi connectivity index (χ1n) is 12.3. The Morgan fingerprint density at radius 2 is 1.69 bits per heavy atom. The summed E-state index contributed by atoms with van der Waals surface area (Å²) in [5.41, 5.74) is 0.879. The Bertz CT molecular complexity index is 1010. The molecule has 0 N–H and O–H groups in total. The average molecular weight is 544 g/mol. The van der Waals surface area contributed by atoms with Crippen LogP contribution >= 0.6 is 24.0 Å². The van der Waals surface area contributed by atoms with E-state index >= 15 is 0 Å². The van der Waals surface area contributed by atoms with Gasteiger partial charge in [-0.25, -0.2) is 8.42 Å². The van der Waals surface area contributed by atoms with Crippen molar-refractivity contribution in [3.8, 4) is 5.75 Å².